The Morgan fingerprint density at radius 2 is 2.16 bits per heavy atom. The number of para-hydroxylation sites is 1. The Morgan fingerprint density at radius 3 is 2.95 bits per heavy atom. The molecule has 0 saturated heterocycles. The predicted molar refractivity (Wildman–Crippen MR) is 80.1 cm³/mol. The number of alkyl halides is 1. The van der Waals surface area contributed by atoms with Crippen molar-refractivity contribution in [3.63, 3.8) is 0 Å². The molecule has 0 bridgehead atoms. The molecule has 0 spiro atoms. The number of amides is 1. The summed E-state index contributed by atoms with van der Waals surface area (Å²) in [6.07, 6.45) is 0. The fourth-order valence-corrected chi connectivity index (χ4v) is 3.34. The molecule has 1 amide bonds. The van der Waals surface area contributed by atoms with Gasteiger partial charge < -0.3 is 5.32 Å². The molecule has 4 nitrogen and oxygen atoms in total. The summed E-state index contributed by atoms with van der Waals surface area (Å²) in [6.45, 7) is 0. The lowest BCUT2D eigenvalue weighted by molar-refractivity contribution is -0.113. The highest BCUT2D eigenvalue weighted by Gasteiger charge is 2.11. The van der Waals surface area contributed by atoms with E-state index in [0.717, 1.165) is 20.9 Å². The van der Waals surface area contributed by atoms with Crippen LogP contribution in [0.3, 0.4) is 0 Å². The number of thiazole rings is 2. The van der Waals surface area contributed by atoms with Gasteiger partial charge in [0.05, 0.1) is 10.2 Å². The van der Waals surface area contributed by atoms with Gasteiger partial charge in [0, 0.05) is 5.38 Å². The maximum absolute atomic E-state index is 11.2. The van der Waals surface area contributed by atoms with Gasteiger partial charge in [-0.1, -0.05) is 12.1 Å². The SMILES string of the molecule is O=C(CCl)Nc1nc(-c2nc3ccccc3s2)cs1. The molecule has 3 rings (SSSR count). The maximum atomic E-state index is 11.2. The summed E-state index contributed by atoms with van der Waals surface area (Å²) in [6, 6.07) is 7.94. The molecule has 2 heterocycles. The van der Waals surface area contributed by atoms with E-state index in [0.29, 0.717) is 5.13 Å². The van der Waals surface area contributed by atoms with Crippen LogP contribution >= 0.6 is 34.3 Å². The highest BCUT2D eigenvalue weighted by atomic mass is 35.5. The third kappa shape index (κ3) is 2.60. The second kappa shape index (κ2) is 5.24. The highest BCUT2D eigenvalue weighted by Crippen LogP contribution is 2.31. The maximum Gasteiger partial charge on any atom is 0.241 e. The molecule has 7 heteroatoms. The van der Waals surface area contributed by atoms with Gasteiger partial charge in [-0.2, -0.15) is 0 Å². The quantitative estimate of drug-likeness (QED) is 0.752. The monoisotopic (exact) mass is 309 g/mol. The number of carbonyl (C=O) groups is 1. The summed E-state index contributed by atoms with van der Waals surface area (Å²) >= 11 is 8.38. The number of carbonyl (C=O) groups excluding carboxylic acids is 1. The molecule has 0 unspecified atom stereocenters. The lowest BCUT2D eigenvalue weighted by Gasteiger charge is -1.94. The standard InChI is InChI=1S/C12H8ClN3OS2/c13-5-10(17)16-12-15-8(6-18-12)11-14-7-3-1-2-4-9(7)19-11/h1-4,6H,5H2,(H,15,16,17). The van der Waals surface area contributed by atoms with E-state index < -0.39 is 0 Å². The molecule has 0 saturated carbocycles. The third-order valence-electron chi connectivity index (χ3n) is 2.38. The first-order valence-electron chi connectivity index (χ1n) is 5.43. The summed E-state index contributed by atoms with van der Waals surface area (Å²) in [5.41, 5.74) is 1.73. The topological polar surface area (TPSA) is 54.9 Å². The van der Waals surface area contributed by atoms with Gasteiger partial charge in [-0.15, -0.1) is 34.3 Å². The van der Waals surface area contributed by atoms with Crippen molar-refractivity contribution in [3.05, 3.63) is 29.6 Å². The molecule has 96 valence electrons. The third-order valence-corrected chi connectivity index (χ3v) is 4.44. The fourth-order valence-electron chi connectivity index (χ4n) is 1.56. The molecule has 19 heavy (non-hydrogen) atoms. The van der Waals surface area contributed by atoms with Crippen LogP contribution in [-0.2, 0) is 4.79 Å². The number of fused-ring (bicyclic) bond motifs is 1. The molecule has 1 aromatic carbocycles. The second-order valence-electron chi connectivity index (χ2n) is 3.71. The minimum atomic E-state index is -0.258. The summed E-state index contributed by atoms with van der Waals surface area (Å²) in [7, 11) is 0. The Bertz CT molecular complexity index is 704. The number of aromatic nitrogens is 2. The van der Waals surface area contributed by atoms with Crippen molar-refractivity contribution in [2.24, 2.45) is 0 Å². The lowest BCUT2D eigenvalue weighted by atomic mass is 10.3. The van der Waals surface area contributed by atoms with Gasteiger partial charge in [0.1, 0.15) is 16.6 Å². The molecule has 0 fully saturated rings. The fraction of sp³-hybridized carbons (Fsp3) is 0.0833. The van der Waals surface area contributed by atoms with E-state index in [1.807, 2.05) is 29.6 Å². The highest BCUT2D eigenvalue weighted by molar-refractivity contribution is 7.22. The van der Waals surface area contributed by atoms with E-state index >= 15 is 0 Å². The normalized spacial score (nSPS) is 10.8. The summed E-state index contributed by atoms with van der Waals surface area (Å²) < 4.78 is 1.12. The van der Waals surface area contributed by atoms with Crippen molar-refractivity contribution in [2.45, 2.75) is 0 Å². The number of benzene rings is 1. The average molecular weight is 310 g/mol. The zero-order chi connectivity index (χ0) is 13.2. The minimum absolute atomic E-state index is 0.0734. The zero-order valence-corrected chi connectivity index (χ0v) is 12.0. The van der Waals surface area contributed by atoms with Gasteiger partial charge >= 0.3 is 0 Å². The van der Waals surface area contributed by atoms with Crippen LogP contribution in [0, 0.1) is 0 Å². The average Bonchev–Trinajstić information content (AvgIpc) is 3.04. The Morgan fingerprint density at radius 1 is 1.32 bits per heavy atom. The number of halogens is 1. The van der Waals surface area contributed by atoms with E-state index in [1.165, 1.54) is 11.3 Å². The largest absolute Gasteiger partial charge is 0.301 e. The summed E-state index contributed by atoms with van der Waals surface area (Å²) in [4.78, 5) is 20.0. The zero-order valence-electron chi connectivity index (χ0n) is 9.59. The Labute approximate surface area is 122 Å². The number of anilines is 1. The van der Waals surface area contributed by atoms with Gasteiger partial charge in [-0.3, -0.25) is 4.79 Å². The van der Waals surface area contributed by atoms with Crippen molar-refractivity contribution < 1.29 is 4.79 Å². The minimum Gasteiger partial charge on any atom is -0.301 e. The van der Waals surface area contributed by atoms with Crippen LogP contribution in [0.2, 0.25) is 0 Å². The smallest absolute Gasteiger partial charge is 0.241 e. The molecule has 2 aromatic heterocycles. The van der Waals surface area contributed by atoms with Crippen LogP contribution in [-0.4, -0.2) is 21.8 Å². The Hall–Kier alpha value is -1.50. The lowest BCUT2D eigenvalue weighted by Crippen LogP contribution is -2.12. The molecular formula is C12H8ClN3OS2. The van der Waals surface area contributed by atoms with Crippen molar-refractivity contribution in [1.29, 1.82) is 0 Å². The number of nitrogens with one attached hydrogen (secondary N) is 1. The second-order valence-corrected chi connectivity index (χ2v) is 5.86. The molecule has 0 aliphatic rings. The first kappa shape index (κ1) is 12.5. The number of hydrogen-bond acceptors (Lipinski definition) is 5. The number of rotatable bonds is 3. The number of hydrogen-bond donors (Lipinski definition) is 1. The first-order chi connectivity index (χ1) is 9.26. The molecule has 1 N–H and O–H groups in total. The predicted octanol–water partition coefficient (Wildman–Crippen LogP) is 3.60. The van der Waals surface area contributed by atoms with Crippen LogP contribution in [0.25, 0.3) is 20.9 Å². The van der Waals surface area contributed by atoms with Crippen LogP contribution in [0.15, 0.2) is 29.6 Å². The Balaban J connectivity index is 1.91. The van der Waals surface area contributed by atoms with Crippen molar-refractivity contribution >= 4 is 55.5 Å². The van der Waals surface area contributed by atoms with Gasteiger partial charge in [0.2, 0.25) is 5.91 Å². The molecule has 0 aliphatic heterocycles. The van der Waals surface area contributed by atoms with Crippen LogP contribution < -0.4 is 5.32 Å². The molecule has 0 atom stereocenters. The first-order valence-corrected chi connectivity index (χ1v) is 7.66. The van der Waals surface area contributed by atoms with Gasteiger partial charge in [0.15, 0.2) is 5.13 Å². The van der Waals surface area contributed by atoms with Gasteiger partial charge in [0.25, 0.3) is 0 Å². The molecule has 0 radical (unpaired) electrons. The van der Waals surface area contributed by atoms with Crippen molar-refractivity contribution in [1.82, 2.24) is 9.97 Å². The Kier molecular flexibility index (Phi) is 3.46. The van der Waals surface area contributed by atoms with Crippen LogP contribution in [0.5, 0.6) is 0 Å². The van der Waals surface area contributed by atoms with Gasteiger partial charge in [-0.25, -0.2) is 9.97 Å². The summed E-state index contributed by atoms with van der Waals surface area (Å²) in [5.74, 6) is -0.331. The van der Waals surface area contributed by atoms with Crippen LogP contribution in [0.4, 0.5) is 5.13 Å². The van der Waals surface area contributed by atoms with E-state index in [4.69, 9.17) is 11.6 Å². The van der Waals surface area contributed by atoms with E-state index in [2.05, 4.69) is 15.3 Å². The van der Waals surface area contributed by atoms with E-state index in [9.17, 15) is 4.79 Å². The molecular weight excluding hydrogens is 302 g/mol. The van der Waals surface area contributed by atoms with E-state index in [1.54, 1.807) is 11.3 Å². The van der Waals surface area contributed by atoms with Crippen molar-refractivity contribution in [2.75, 3.05) is 11.2 Å². The van der Waals surface area contributed by atoms with Crippen molar-refractivity contribution in [3.8, 4) is 10.7 Å². The van der Waals surface area contributed by atoms with E-state index in [-0.39, 0.29) is 11.8 Å². The number of nitrogens with zero attached hydrogens (tertiary/aromatic N) is 2. The van der Waals surface area contributed by atoms with Gasteiger partial charge in [-0.05, 0) is 12.1 Å². The van der Waals surface area contributed by atoms with Crippen LogP contribution in [0.1, 0.15) is 0 Å². The molecule has 0 aliphatic carbocycles. The molecule has 3 aromatic rings. The summed E-state index contributed by atoms with van der Waals surface area (Å²) in [5, 5.41) is 5.90.